The van der Waals surface area contributed by atoms with Gasteiger partial charge in [-0.3, -0.25) is 9.97 Å². The third kappa shape index (κ3) is 2.99. The van der Waals surface area contributed by atoms with Crippen LogP contribution in [0.25, 0.3) is 71.8 Å². The van der Waals surface area contributed by atoms with E-state index in [0.717, 1.165) is 60.8 Å². The minimum absolute atomic E-state index is 0.833. The second-order valence-electron chi connectivity index (χ2n) is 9.08. The number of hydrogen-bond acceptors (Lipinski definition) is 3. The van der Waals surface area contributed by atoms with Crippen molar-refractivity contribution in [3.8, 4) is 22.5 Å². The lowest BCUT2D eigenvalue weighted by molar-refractivity contribution is 1.31. The first-order valence-corrected chi connectivity index (χ1v) is 12.1. The third-order valence-corrected chi connectivity index (χ3v) is 7.04. The Hall–Kier alpha value is -4.77. The van der Waals surface area contributed by atoms with E-state index >= 15 is 0 Å². The molecule has 4 aromatic heterocycles. The van der Waals surface area contributed by atoms with Gasteiger partial charge in [0, 0.05) is 34.1 Å². The molecular weight excluding hydrogens is 442 g/mol. The van der Waals surface area contributed by atoms with Crippen LogP contribution in [0.5, 0.6) is 0 Å². The van der Waals surface area contributed by atoms with Crippen molar-refractivity contribution >= 4 is 49.3 Å². The van der Waals surface area contributed by atoms with Gasteiger partial charge in [0.2, 0.25) is 0 Å². The average molecular weight is 466 g/mol. The minimum atomic E-state index is 0.833. The molecule has 172 valence electrons. The van der Waals surface area contributed by atoms with E-state index in [1.807, 2.05) is 30.6 Å². The molecule has 0 fully saturated rings. The maximum absolute atomic E-state index is 5.19. The van der Waals surface area contributed by atoms with Gasteiger partial charge in [-0.25, -0.2) is 4.98 Å². The summed E-state index contributed by atoms with van der Waals surface area (Å²) in [6, 6.07) is 25.2. The minimum Gasteiger partial charge on any atom is -0.354 e. The zero-order chi connectivity index (χ0) is 24.2. The van der Waals surface area contributed by atoms with Gasteiger partial charge >= 0.3 is 0 Å². The van der Waals surface area contributed by atoms with Crippen molar-refractivity contribution in [2.75, 3.05) is 0 Å². The lowest BCUT2D eigenvalue weighted by atomic mass is 10.0. The highest BCUT2D eigenvalue weighted by molar-refractivity contribution is 6.21. The summed E-state index contributed by atoms with van der Waals surface area (Å²) in [4.78, 5) is 21.8. The summed E-state index contributed by atoms with van der Waals surface area (Å²) in [6.45, 7) is 4.20. The highest BCUT2D eigenvalue weighted by Gasteiger charge is 2.21. The van der Waals surface area contributed by atoms with Gasteiger partial charge in [-0.1, -0.05) is 42.5 Å². The quantitative estimate of drug-likeness (QED) is 0.261. The van der Waals surface area contributed by atoms with Gasteiger partial charge in [0.15, 0.2) is 0 Å². The first-order valence-electron chi connectivity index (χ1n) is 12.1. The summed E-state index contributed by atoms with van der Waals surface area (Å²) >= 11 is 0. The van der Waals surface area contributed by atoms with Gasteiger partial charge < -0.3 is 9.97 Å². The fraction of sp³-hybridized carbons (Fsp3) is 0.0645. The molecule has 7 aromatic rings. The molecule has 0 saturated heterocycles. The molecular formula is C31H23N5. The summed E-state index contributed by atoms with van der Waals surface area (Å²) in [5.41, 5.74) is 10.4. The molecule has 2 N–H and O–H groups in total. The number of imidazole rings is 1. The lowest BCUT2D eigenvalue weighted by Gasteiger charge is -2.04. The van der Waals surface area contributed by atoms with Crippen LogP contribution >= 0.6 is 0 Å². The molecule has 0 unspecified atom stereocenters. The van der Waals surface area contributed by atoms with Gasteiger partial charge in [0.1, 0.15) is 5.82 Å². The van der Waals surface area contributed by atoms with E-state index in [-0.39, 0.29) is 0 Å². The van der Waals surface area contributed by atoms with Crippen molar-refractivity contribution in [1.29, 1.82) is 0 Å². The zero-order valence-corrected chi connectivity index (χ0v) is 20.0. The molecule has 4 heterocycles. The molecule has 0 aliphatic rings. The van der Waals surface area contributed by atoms with Gasteiger partial charge in [-0.15, -0.1) is 0 Å². The smallest absolute Gasteiger partial charge is 0.141 e. The monoisotopic (exact) mass is 465 g/mol. The van der Waals surface area contributed by atoms with Crippen LogP contribution in [-0.2, 0) is 0 Å². The SMILES string of the molecule is C/C=C(\C)c1[nH]c2ccc(-c3ccccc3)cc2c1-c1nc2c3cccnc3c3ncccc3c2[nH]1. The fourth-order valence-corrected chi connectivity index (χ4v) is 5.15. The van der Waals surface area contributed by atoms with Crippen molar-refractivity contribution in [3.05, 3.63) is 97.0 Å². The summed E-state index contributed by atoms with van der Waals surface area (Å²) in [7, 11) is 0. The number of aromatic amines is 2. The molecule has 0 atom stereocenters. The molecule has 0 bridgehead atoms. The molecule has 5 heteroatoms. The number of H-pyrrole nitrogens is 2. The Labute approximate surface area is 207 Å². The molecule has 0 aliphatic heterocycles. The van der Waals surface area contributed by atoms with Crippen LogP contribution in [0.3, 0.4) is 0 Å². The first-order chi connectivity index (χ1) is 17.7. The van der Waals surface area contributed by atoms with E-state index in [9.17, 15) is 0 Å². The van der Waals surface area contributed by atoms with E-state index in [1.165, 1.54) is 16.7 Å². The van der Waals surface area contributed by atoms with Crippen molar-refractivity contribution in [1.82, 2.24) is 24.9 Å². The summed E-state index contributed by atoms with van der Waals surface area (Å²) in [6.07, 6.45) is 5.76. The Balaban J connectivity index is 1.58. The first kappa shape index (κ1) is 20.6. The lowest BCUT2D eigenvalue weighted by Crippen LogP contribution is -1.87. The Bertz CT molecular complexity index is 1890. The van der Waals surface area contributed by atoms with Crippen molar-refractivity contribution in [2.45, 2.75) is 13.8 Å². The number of allylic oxidation sites excluding steroid dienone is 2. The predicted molar refractivity (Wildman–Crippen MR) is 149 cm³/mol. The maximum atomic E-state index is 5.19. The van der Waals surface area contributed by atoms with Crippen LogP contribution in [0, 0.1) is 0 Å². The van der Waals surface area contributed by atoms with Crippen molar-refractivity contribution in [3.63, 3.8) is 0 Å². The van der Waals surface area contributed by atoms with Crippen LogP contribution in [0.1, 0.15) is 19.5 Å². The van der Waals surface area contributed by atoms with E-state index < -0.39 is 0 Å². The van der Waals surface area contributed by atoms with Crippen molar-refractivity contribution in [2.24, 2.45) is 0 Å². The molecule has 0 saturated carbocycles. The zero-order valence-electron chi connectivity index (χ0n) is 20.0. The Morgan fingerprint density at radius 2 is 1.47 bits per heavy atom. The molecule has 3 aromatic carbocycles. The molecule has 0 amide bonds. The third-order valence-electron chi connectivity index (χ3n) is 7.04. The molecule has 0 spiro atoms. The predicted octanol–water partition coefficient (Wildman–Crippen LogP) is 7.90. The van der Waals surface area contributed by atoms with Gasteiger partial charge in [0.25, 0.3) is 0 Å². The second-order valence-corrected chi connectivity index (χ2v) is 9.08. The number of benzene rings is 3. The number of nitrogens with zero attached hydrogens (tertiary/aromatic N) is 3. The largest absolute Gasteiger partial charge is 0.354 e. The molecule has 5 nitrogen and oxygen atoms in total. The average Bonchev–Trinajstić information content (AvgIpc) is 3.55. The van der Waals surface area contributed by atoms with E-state index in [1.54, 1.807) is 0 Å². The Kier molecular flexibility index (Phi) is 4.51. The fourth-order valence-electron chi connectivity index (χ4n) is 5.15. The van der Waals surface area contributed by atoms with E-state index in [0.29, 0.717) is 0 Å². The number of aromatic nitrogens is 5. The summed E-state index contributed by atoms with van der Waals surface area (Å²) in [5, 5.41) is 3.15. The normalized spacial score (nSPS) is 12.3. The topological polar surface area (TPSA) is 70.2 Å². The van der Waals surface area contributed by atoms with E-state index in [4.69, 9.17) is 4.98 Å². The molecule has 0 aliphatic carbocycles. The van der Waals surface area contributed by atoms with Crippen molar-refractivity contribution < 1.29 is 0 Å². The number of fused-ring (bicyclic) bond motifs is 7. The maximum Gasteiger partial charge on any atom is 0.141 e. The Morgan fingerprint density at radius 1 is 0.722 bits per heavy atom. The number of hydrogen-bond donors (Lipinski definition) is 2. The van der Waals surface area contributed by atoms with Crippen LogP contribution in [0.15, 0.2) is 91.3 Å². The number of pyridine rings is 2. The molecule has 36 heavy (non-hydrogen) atoms. The van der Waals surface area contributed by atoms with Crippen LogP contribution in [-0.4, -0.2) is 24.9 Å². The summed E-state index contributed by atoms with van der Waals surface area (Å²) < 4.78 is 0. The number of rotatable bonds is 3. The van der Waals surface area contributed by atoms with Gasteiger partial charge in [-0.05, 0) is 66.9 Å². The summed E-state index contributed by atoms with van der Waals surface area (Å²) in [5.74, 6) is 0.833. The van der Waals surface area contributed by atoms with E-state index in [2.05, 4.69) is 94.5 Å². The second kappa shape index (κ2) is 7.89. The van der Waals surface area contributed by atoms with Crippen LogP contribution in [0.2, 0.25) is 0 Å². The standard InChI is InChI=1S/C31H23N5/c1-3-18(2)26-25(23-17-20(13-14-24(23)34-26)19-9-5-4-6-10-19)31-35-29-21-11-7-15-32-27(21)28-22(30(29)36-31)12-8-16-33-28/h3-17,34H,1-2H3,(H,35,36)/b18-3+. The Morgan fingerprint density at radius 3 is 2.25 bits per heavy atom. The highest BCUT2D eigenvalue weighted by atomic mass is 14.9. The highest BCUT2D eigenvalue weighted by Crippen LogP contribution is 2.39. The van der Waals surface area contributed by atoms with Crippen LogP contribution < -0.4 is 0 Å². The molecule has 7 rings (SSSR count). The molecule has 0 radical (unpaired) electrons. The number of nitrogens with one attached hydrogen (secondary N) is 2. The van der Waals surface area contributed by atoms with Gasteiger partial charge in [0.05, 0.1) is 33.3 Å². The van der Waals surface area contributed by atoms with Gasteiger partial charge in [-0.2, -0.15) is 0 Å². The van der Waals surface area contributed by atoms with Crippen LogP contribution in [0.4, 0.5) is 0 Å².